The van der Waals surface area contributed by atoms with E-state index in [1.807, 2.05) is 12.3 Å². The Kier molecular flexibility index (Phi) is 5.22. The first-order chi connectivity index (χ1) is 10.3. The van der Waals surface area contributed by atoms with Crippen molar-refractivity contribution in [2.75, 3.05) is 19.6 Å². The van der Waals surface area contributed by atoms with Gasteiger partial charge in [-0.1, -0.05) is 12.5 Å². The van der Waals surface area contributed by atoms with Crippen molar-refractivity contribution in [2.24, 2.45) is 5.92 Å². The summed E-state index contributed by atoms with van der Waals surface area (Å²) >= 11 is 0. The summed E-state index contributed by atoms with van der Waals surface area (Å²) in [5, 5.41) is 13.5. The van der Waals surface area contributed by atoms with Crippen LogP contribution < -0.4 is 5.32 Å². The lowest BCUT2D eigenvalue weighted by Crippen LogP contribution is -2.44. The number of aliphatic hydroxyl groups is 1. The minimum Gasteiger partial charge on any atom is -0.393 e. The number of aliphatic hydroxyl groups excluding tert-OH is 1. The van der Waals surface area contributed by atoms with Gasteiger partial charge >= 0.3 is 0 Å². The second-order valence-corrected chi connectivity index (χ2v) is 6.54. The zero-order valence-corrected chi connectivity index (χ0v) is 12.7. The molecule has 1 saturated heterocycles. The standard InChI is InChI=1S/C17H27N3O/c21-17-6-3-4-14(17)12-19-15-7-10-20(11-8-15)13-16-5-1-2-9-18-16/h1-2,5,9,14-15,17,19,21H,3-4,6-8,10-13H2/t14-,17+/m1/s1. The van der Waals surface area contributed by atoms with Crippen LogP contribution in [0.15, 0.2) is 24.4 Å². The van der Waals surface area contributed by atoms with Crippen molar-refractivity contribution < 1.29 is 5.11 Å². The molecule has 2 aliphatic rings. The van der Waals surface area contributed by atoms with Gasteiger partial charge in [0.25, 0.3) is 0 Å². The fourth-order valence-electron chi connectivity index (χ4n) is 3.59. The molecular formula is C17H27N3O. The molecule has 0 spiro atoms. The first kappa shape index (κ1) is 14.9. The molecule has 0 radical (unpaired) electrons. The van der Waals surface area contributed by atoms with E-state index in [1.165, 1.54) is 25.7 Å². The molecule has 0 amide bonds. The molecule has 1 aliphatic carbocycles. The van der Waals surface area contributed by atoms with Gasteiger partial charge in [0.2, 0.25) is 0 Å². The topological polar surface area (TPSA) is 48.4 Å². The molecule has 0 unspecified atom stereocenters. The van der Waals surface area contributed by atoms with E-state index in [0.717, 1.165) is 38.3 Å². The highest BCUT2D eigenvalue weighted by atomic mass is 16.3. The Balaban J connectivity index is 1.37. The summed E-state index contributed by atoms with van der Waals surface area (Å²) in [7, 11) is 0. The predicted octanol–water partition coefficient (Wildman–Crippen LogP) is 1.80. The number of nitrogens with zero attached hydrogens (tertiary/aromatic N) is 2. The number of nitrogens with one attached hydrogen (secondary N) is 1. The highest BCUT2D eigenvalue weighted by molar-refractivity contribution is 5.03. The van der Waals surface area contributed by atoms with Gasteiger partial charge < -0.3 is 10.4 Å². The highest BCUT2D eigenvalue weighted by Crippen LogP contribution is 2.25. The van der Waals surface area contributed by atoms with Crippen LogP contribution in [0.3, 0.4) is 0 Å². The van der Waals surface area contributed by atoms with Gasteiger partial charge in [-0.25, -0.2) is 0 Å². The van der Waals surface area contributed by atoms with Crippen molar-refractivity contribution in [3.63, 3.8) is 0 Å². The lowest BCUT2D eigenvalue weighted by molar-refractivity contribution is 0.124. The number of likely N-dealkylation sites (tertiary alicyclic amines) is 1. The number of hydrogen-bond acceptors (Lipinski definition) is 4. The maximum Gasteiger partial charge on any atom is 0.0580 e. The van der Waals surface area contributed by atoms with Crippen molar-refractivity contribution in [1.29, 1.82) is 0 Å². The van der Waals surface area contributed by atoms with E-state index in [4.69, 9.17) is 0 Å². The first-order valence-corrected chi connectivity index (χ1v) is 8.35. The third kappa shape index (κ3) is 4.25. The van der Waals surface area contributed by atoms with Gasteiger partial charge in [0.1, 0.15) is 0 Å². The van der Waals surface area contributed by atoms with Gasteiger partial charge in [0.15, 0.2) is 0 Å². The van der Waals surface area contributed by atoms with E-state index in [-0.39, 0.29) is 6.10 Å². The minimum atomic E-state index is -0.0678. The lowest BCUT2D eigenvalue weighted by atomic mass is 10.0. The molecule has 1 aromatic rings. The van der Waals surface area contributed by atoms with Gasteiger partial charge in [0, 0.05) is 38.4 Å². The van der Waals surface area contributed by atoms with Crippen molar-refractivity contribution >= 4 is 0 Å². The molecular weight excluding hydrogens is 262 g/mol. The van der Waals surface area contributed by atoms with Crippen LogP contribution in [-0.2, 0) is 6.54 Å². The third-order valence-electron chi connectivity index (χ3n) is 4.99. The maximum absolute atomic E-state index is 9.87. The van der Waals surface area contributed by atoms with Crippen LogP contribution in [-0.4, -0.2) is 46.8 Å². The molecule has 4 heteroatoms. The third-order valence-corrected chi connectivity index (χ3v) is 4.99. The van der Waals surface area contributed by atoms with Crippen LogP contribution in [0.5, 0.6) is 0 Å². The van der Waals surface area contributed by atoms with Crippen molar-refractivity contribution in [2.45, 2.75) is 50.8 Å². The van der Waals surface area contributed by atoms with Crippen molar-refractivity contribution in [1.82, 2.24) is 15.2 Å². The number of pyridine rings is 1. The normalized spacial score (nSPS) is 28.0. The zero-order chi connectivity index (χ0) is 14.5. The van der Waals surface area contributed by atoms with Gasteiger partial charge in [0.05, 0.1) is 11.8 Å². The molecule has 116 valence electrons. The second kappa shape index (κ2) is 7.34. The summed E-state index contributed by atoms with van der Waals surface area (Å²) in [6, 6.07) is 6.75. The van der Waals surface area contributed by atoms with Crippen molar-refractivity contribution in [3.8, 4) is 0 Å². The quantitative estimate of drug-likeness (QED) is 0.868. The number of aromatic nitrogens is 1. The Morgan fingerprint density at radius 2 is 2.05 bits per heavy atom. The van der Waals surface area contributed by atoms with Crippen LogP contribution in [0.25, 0.3) is 0 Å². The smallest absolute Gasteiger partial charge is 0.0580 e. The first-order valence-electron chi connectivity index (χ1n) is 8.35. The number of piperidine rings is 1. The van der Waals surface area contributed by atoms with Gasteiger partial charge in [-0.15, -0.1) is 0 Å². The molecule has 0 aromatic carbocycles. The summed E-state index contributed by atoms with van der Waals surface area (Å²) in [6.45, 7) is 4.24. The molecule has 0 bridgehead atoms. The van der Waals surface area contributed by atoms with Crippen LogP contribution in [0.1, 0.15) is 37.8 Å². The molecule has 1 aromatic heterocycles. The molecule has 3 rings (SSSR count). The molecule has 2 atom stereocenters. The van der Waals surface area contributed by atoms with E-state index < -0.39 is 0 Å². The largest absolute Gasteiger partial charge is 0.393 e. The van der Waals surface area contributed by atoms with Gasteiger partial charge in [-0.3, -0.25) is 9.88 Å². The zero-order valence-electron chi connectivity index (χ0n) is 12.7. The number of hydrogen-bond donors (Lipinski definition) is 2. The summed E-state index contributed by atoms with van der Waals surface area (Å²) < 4.78 is 0. The minimum absolute atomic E-state index is 0.0678. The average molecular weight is 289 g/mol. The lowest BCUT2D eigenvalue weighted by Gasteiger charge is -2.33. The molecule has 1 aliphatic heterocycles. The van der Waals surface area contributed by atoms with Gasteiger partial charge in [-0.2, -0.15) is 0 Å². The number of rotatable bonds is 5. The van der Waals surface area contributed by atoms with Crippen LogP contribution in [0.4, 0.5) is 0 Å². The monoisotopic (exact) mass is 289 g/mol. The van der Waals surface area contributed by atoms with Crippen LogP contribution >= 0.6 is 0 Å². The Hall–Kier alpha value is -0.970. The summed E-state index contributed by atoms with van der Waals surface area (Å²) in [5.74, 6) is 0.483. The fourth-order valence-corrected chi connectivity index (χ4v) is 3.59. The molecule has 2 heterocycles. The Bertz CT molecular complexity index is 417. The Morgan fingerprint density at radius 3 is 2.71 bits per heavy atom. The summed E-state index contributed by atoms with van der Waals surface area (Å²) in [6.07, 6.45) is 7.58. The molecule has 4 nitrogen and oxygen atoms in total. The fraction of sp³-hybridized carbons (Fsp3) is 0.706. The summed E-state index contributed by atoms with van der Waals surface area (Å²) in [5.41, 5.74) is 1.16. The predicted molar refractivity (Wildman–Crippen MR) is 83.9 cm³/mol. The summed E-state index contributed by atoms with van der Waals surface area (Å²) in [4.78, 5) is 6.89. The van der Waals surface area contributed by atoms with E-state index in [1.54, 1.807) is 0 Å². The van der Waals surface area contributed by atoms with Crippen LogP contribution in [0.2, 0.25) is 0 Å². The van der Waals surface area contributed by atoms with Gasteiger partial charge in [-0.05, 0) is 43.7 Å². The molecule has 2 fully saturated rings. The van der Waals surface area contributed by atoms with E-state index in [0.29, 0.717) is 12.0 Å². The molecule has 2 N–H and O–H groups in total. The van der Waals surface area contributed by atoms with E-state index in [9.17, 15) is 5.11 Å². The van der Waals surface area contributed by atoms with Crippen LogP contribution in [0, 0.1) is 5.92 Å². The van der Waals surface area contributed by atoms with E-state index in [2.05, 4.69) is 27.3 Å². The van der Waals surface area contributed by atoms with E-state index >= 15 is 0 Å². The molecule has 21 heavy (non-hydrogen) atoms. The van der Waals surface area contributed by atoms with Crippen molar-refractivity contribution in [3.05, 3.63) is 30.1 Å². The highest BCUT2D eigenvalue weighted by Gasteiger charge is 2.26. The Labute approximate surface area is 127 Å². The average Bonchev–Trinajstić information content (AvgIpc) is 2.93. The maximum atomic E-state index is 9.87. The Morgan fingerprint density at radius 1 is 1.19 bits per heavy atom. The SMILES string of the molecule is O[C@H]1CCC[C@@H]1CNC1CCN(Cc2ccccn2)CC1. The second-order valence-electron chi connectivity index (χ2n) is 6.54. The molecule has 1 saturated carbocycles.